The van der Waals surface area contributed by atoms with E-state index in [-0.39, 0.29) is 30.1 Å². The van der Waals surface area contributed by atoms with E-state index in [0.29, 0.717) is 43.2 Å². The van der Waals surface area contributed by atoms with Gasteiger partial charge in [0.1, 0.15) is 12.1 Å². The second-order valence-corrected chi connectivity index (χ2v) is 9.42. The SMILES string of the molecule is CCOC(=O)[C@@H]1C[C@H]2C[C@@H](CN3C[C@@H](n4nnc(C)n4)C[C@H]3C(=O)OCC)CC[C@H]2CN1. The molecule has 10 heteroatoms. The Morgan fingerprint density at radius 3 is 2.56 bits per heavy atom. The molecule has 1 N–H and O–H groups in total. The third-order valence-electron chi connectivity index (χ3n) is 7.27. The van der Waals surface area contributed by atoms with Crippen molar-refractivity contribution in [2.45, 2.75) is 71.0 Å². The molecule has 1 saturated carbocycles. The number of rotatable bonds is 7. The van der Waals surface area contributed by atoms with Crippen molar-refractivity contribution in [1.29, 1.82) is 0 Å². The van der Waals surface area contributed by atoms with Gasteiger partial charge in [-0.25, -0.2) is 0 Å². The normalized spacial score (nSPS) is 33.0. The molecule has 2 aliphatic heterocycles. The van der Waals surface area contributed by atoms with Gasteiger partial charge in [-0.05, 0) is 82.4 Å². The summed E-state index contributed by atoms with van der Waals surface area (Å²) < 4.78 is 10.6. The topological polar surface area (TPSA) is 111 Å². The number of ether oxygens (including phenoxy) is 2. The summed E-state index contributed by atoms with van der Waals surface area (Å²) in [5.74, 6) is 1.97. The Bertz CT molecular complexity index is 801. The Morgan fingerprint density at radius 1 is 1.06 bits per heavy atom. The molecule has 2 saturated heterocycles. The number of hydrogen-bond donors (Lipinski definition) is 1. The maximum absolute atomic E-state index is 12.7. The number of nitrogens with one attached hydrogen (secondary N) is 1. The highest BCUT2D eigenvalue weighted by Crippen LogP contribution is 2.40. The first-order valence-electron chi connectivity index (χ1n) is 12.0. The van der Waals surface area contributed by atoms with Crippen molar-refractivity contribution in [2.75, 3.05) is 32.8 Å². The molecule has 0 radical (unpaired) electrons. The van der Waals surface area contributed by atoms with Crippen molar-refractivity contribution in [1.82, 2.24) is 30.4 Å². The Morgan fingerprint density at radius 2 is 1.84 bits per heavy atom. The predicted molar refractivity (Wildman–Crippen MR) is 116 cm³/mol. The third kappa shape index (κ3) is 5.11. The lowest BCUT2D eigenvalue weighted by Gasteiger charge is -2.43. The van der Waals surface area contributed by atoms with Crippen molar-refractivity contribution in [3.8, 4) is 0 Å². The number of piperidine rings is 1. The number of carbonyl (C=O) groups excluding carboxylic acids is 2. The maximum Gasteiger partial charge on any atom is 0.323 e. The van der Waals surface area contributed by atoms with Gasteiger partial charge < -0.3 is 14.8 Å². The van der Waals surface area contributed by atoms with Crippen LogP contribution in [-0.2, 0) is 19.1 Å². The van der Waals surface area contributed by atoms with E-state index in [1.165, 1.54) is 0 Å². The lowest BCUT2D eigenvalue weighted by Crippen LogP contribution is -2.51. The number of hydrogen-bond acceptors (Lipinski definition) is 9. The average Bonchev–Trinajstić information content (AvgIpc) is 3.40. The van der Waals surface area contributed by atoms with Crippen LogP contribution in [0.5, 0.6) is 0 Å². The highest BCUT2D eigenvalue weighted by Gasteiger charge is 2.43. The summed E-state index contributed by atoms with van der Waals surface area (Å²) in [7, 11) is 0. The Balaban J connectivity index is 1.39. The molecule has 4 rings (SSSR count). The molecular weight excluding hydrogens is 412 g/mol. The van der Waals surface area contributed by atoms with Gasteiger partial charge in [0.2, 0.25) is 0 Å². The molecule has 0 spiro atoms. The lowest BCUT2D eigenvalue weighted by atomic mass is 9.69. The van der Waals surface area contributed by atoms with E-state index in [0.717, 1.165) is 45.3 Å². The van der Waals surface area contributed by atoms with E-state index in [1.807, 2.05) is 20.8 Å². The van der Waals surface area contributed by atoms with Crippen LogP contribution in [0.2, 0.25) is 0 Å². The van der Waals surface area contributed by atoms with Crippen LogP contribution in [-0.4, -0.2) is 82.0 Å². The van der Waals surface area contributed by atoms with E-state index < -0.39 is 0 Å². The van der Waals surface area contributed by atoms with Gasteiger partial charge in [-0.2, -0.15) is 4.80 Å². The Kier molecular flexibility index (Phi) is 7.40. The zero-order chi connectivity index (χ0) is 22.7. The highest BCUT2D eigenvalue weighted by atomic mass is 16.5. The minimum atomic E-state index is -0.274. The first kappa shape index (κ1) is 23.1. The Labute approximate surface area is 189 Å². The fourth-order valence-corrected chi connectivity index (χ4v) is 5.77. The van der Waals surface area contributed by atoms with Crippen molar-refractivity contribution in [3.63, 3.8) is 0 Å². The Hall–Kier alpha value is -2.07. The molecule has 3 heterocycles. The second kappa shape index (κ2) is 10.2. The van der Waals surface area contributed by atoms with Gasteiger partial charge in [0, 0.05) is 13.1 Å². The predicted octanol–water partition coefficient (Wildman–Crippen LogP) is 1.12. The van der Waals surface area contributed by atoms with E-state index >= 15 is 0 Å². The van der Waals surface area contributed by atoms with Crippen LogP contribution < -0.4 is 5.32 Å². The van der Waals surface area contributed by atoms with Crippen LogP contribution in [0.1, 0.15) is 57.8 Å². The number of esters is 2. The maximum atomic E-state index is 12.7. The summed E-state index contributed by atoms with van der Waals surface area (Å²) in [6.07, 6.45) is 4.86. The fourth-order valence-electron chi connectivity index (χ4n) is 5.77. The monoisotopic (exact) mass is 448 g/mol. The molecule has 0 unspecified atom stereocenters. The number of aryl methyl sites for hydroxylation is 1. The molecule has 1 aliphatic carbocycles. The largest absolute Gasteiger partial charge is 0.465 e. The minimum Gasteiger partial charge on any atom is -0.465 e. The van der Waals surface area contributed by atoms with Gasteiger partial charge in [0.05, 0.1) is 19.3 Å². The molecule has 3 aliphatic rings. The zero-order valence-electron chi connectivity index (χ0n) is 19.4. The van der Waals surface area contributed by atoms with Crippen molar-refractivity contribution in [2.24, 2.45) is 17.8 Å². The molecule has 3 fully saturated rings. The average molecular weight is 449 g/mol. The van der Waals surface area contributed by atoms with E-state index in [2.05, 4.69) is 25.6 Å². The third-order valence-corrected chi connectivity index (χ3v) is 7.27. The van der Waals surface area contributed by atoms with Gasteiger partial charge in [0.25, 0.3) is 0 Å². The first-order valence-corrected chi connectivity index (χ1v) is 12.0. The number of likely N-dealkylation sites (tertiary alicyclic amines) is 1. The number of tetrazole rings is 1. The van der Waals surface area contributed by atoms with Crippen molar-refractivity contribution in [3.05, 3.63) is 5.82 Å². The molecule has 1 aromatic rings. The number of aromatic nitrogens is 4. The number of fused-ring (bicyclic) bond motifs is 1. The summed E-state index contributed by atoms with van der Waals surface area (Å²) in [6, 6.07) is -0.446. The first-order chi connectivity index (χ1) is 15.5. The van der Waals surface area contributed by atoms with Crippen LogP contribution in [0.25, 0.3) is 0 Å². The smallest absolute Gasteiger partial charge is 0.323 e. The molecule has 10 nitrogen and oxygen atoms in total. The second-order valence-electron chi connectivity index (χ2n) is 9.42. The standard InChI is InChI=1S/C22H36N6O4/c1-4-31-21(29)19-9-17-8-15(6-7-16(17)11-23-19)12-27-13-18(28-25-14(3)24-26-28)10-20(27)22(30)32-5-2/h15-20,23H,4-13H2,1-3H3/t15-,16-,17+,18-,19-,20-/m0/s1. The summed E-state index contributed by atoms with van der Waals surface area (Å²) in [4.78, 5) is 28.8. The molecule has 0 amide bonds. The lowest BCUT2D eigenvalue weighted by molar-refractivity contribution is -0.149. The van der Waals surface area contributed by atoms with Crippen LogP contribution in [0.15, 0.2) is 0 Å². The van der Waals surface area contributed by atoms with Crippen LogP contribution in [0, 0.1) is 24.7 Å². The van der Waals surface area contributed by atoms with Crippen LogP contribution in [0.4, 0.5) is 0 Å². The quantitative estimate of drug-likeness (QED) is 0.613. The fraction of sp³-hybridized carbons (Fsp3) is 0.864. The molecule has 6 atom stereocenters. The molecule has 0 aromatic carbocycles. The summed E-state index contributed by atoms with van der Waals surface area (Å²) >= 11 is 0. The molecule has 178 valence electrons. The van der Waals surface area contributed by atoms with Gasteiger partial charge in [-0.1, -0.05) is 0 Å². The summed E-state index contributed by atoms with van der Waals surface area (Å²) in [6.45, 7) is 8.76. The van der Waals surface area contributed by atoms with Gasteiger partial charge in [-0.15, -0.1) is 10.2 Å². The van der Waals surface area contributed by atoms with Crippen LogP contribution in [0.3, 0.4) is 0 Å². The molecular formula is C22H36N6O4. The van der Waals surface area contributed by atoms with Gasteiger partial charge >= 0.3 is 11.9 Å². The zero-order valence-corrected chi connectivity index (χ0v) is 19.4. The number of nitrogens with zero attached hydrogens (tertiary/aromatic N) is 5. The van der Waals surface area contributed by atoms with Crippen molar-refractivity contribution >= 4 is 11.9 Å². The summed E-state index contributed by atoms with van der Waals surface area (Å²) in [5, 5.41) is 15.9. The van der Waals surface area contributed by atoms with Crippen LogP contribution >= 0.6 is 0 Å². The highest BCUT2D eigenvalue weighted by molar-refractivity contribution is 5.76. The van der Waals surface area contributed by atoms with E-state index in [4.69, 9.17) is 9.47 Å². The van der Waals surface area contributed by atoms with Crippen molar-refractivity contribution < 1.29 is 19.1 Å². The molecule has 1 aromatic heterocycles. The van der Waals surface area contributed by atoms with E-state index in [9.17, 15) is 9.59 Å². The minimum absolute atomic E-state index is 0.0222. The van der Waals surface area contributed by atoms with Gasteiger partial charge in [-0.3, -0.25) is 14.5 Å². The molecule has 32 heavy (non-hydrogen) atoms. The summed E-state index contributed by atoms with van der Waals surface area (Å²) in [5.41, 5.74) is 0. The number of carbonyl (C=O) groups is 2. The molecule has 0 bridgehead atoms. The van der Waals surface area contributed by atoms with Gasteiger partial charge in [0.15, 0.2) is 5.82 Å². The van der Waals surface area contributed by atoms with E-state index in [1.54, 1.807) is 4.80 Å².